The Hall–Kier alpha value is -0.180. The molecular formula is C11H21NO5S2. The second kappa shape index (κ2) is 5.67. The van der Waals surface area contributed by atoms with Gasteiger partial charge in [-0.25, -0.2) is 21.1 Å². The van der Waals surface area contributed by atoms with E-state index in [1.165, 1.54) is 4.31 Å². The van der Waals surface area contributed by atoms with Gasteiger partial charge in [0.25, 0.3) is 0 Å². The van der Waals surface area contributed by atoms with Crippen LogP contribution < -0.4 is 0 Å². The zero-order valence-electron chi connectivity index (χ0n) is 10.9. The highest BCUT2D eigenvalue weighted by atomic mass is 32.2. The molecule has 0 aromatic carbocycles. The Balaban J connectivity index is 2.06. The molecular weight excluding hydrogens is 290 g/mol. The number of aliphatic hydroxyl groups excluding tert-OH is 1. The van der Waals surface area contributed by atoms with Gasteiger partial charge in [0.2, 0.25) is 10.0 Å². The third kappa shape index (κ3) is 3.48. The maximum atomic E-state index is 12.5. The molecule has 2 saturated heterocycles. The molecule has 2 fully saturated rings. The van der Waals surface area contributed by atoms with Crippen molar-refractivity contribution in [1.82, 2.24) is 4.31 Å². The number of nitrogens with zero attached hydrogens (tertiary/aromatic N) is 1. The zero-order chi connectivity index (χ0) is 14.1. The summed E-state index contributed by atoms with van der Waals surface area (Å²) in [5.74, 6) is -0.0571. The van der Waals surface area contributed by atoms with Crippen molar-refractivity contribution < 1.29 is 21.9 Å². The van der Waals surface area contributed by atoms with Gasteiger partial charge in [-0.1, -0.05) is 0 Å². The Morgan fingerprint density at radius 2 is 1.79 bits per heavy atom. The molecule has 2 heterocycles. The van der Waals surface area contributed by atoms with Crippen molar-refractivity contribution in [1.29, 1.82) is 0 Å². The van der Waals surface area contributed by atoms with Crippen molar-refractivity contribution in [3.05, 3.63) is 0 Å². The number of piperidine rings is 1. The standard InChI is InChI=1S/C11H21NO5S2/c13-9-10-2-1-5-12(8-10)19(16,17)11-3-6-18(14,15)7-4-11/h10-11,13H,1-9H2. The van der Waals surface area contributed by atoms with Crippen molar-refractivity contribution in [2.24, 2.45) is 5.92 Å². The Labute approximate surface area is 114 Å². The lowest BCUT2D eigenvalue weighted by atomic mass is 10.0. The smallest absolute Gasteiger partial charge is 0.217 e. The summed E-state index contributed by atoms with van der Waals surface area (Å²) in [4.78, 5) is 0. The molecule has 112 valence electrons. The van der Waals surface area contributed by atoms with Crippen molar-refractivity contribution in [2.75, 3.05) is 31.2 Å². The zero-order valence-corrected chi connectivity index (χ0v) is 12.5. The van der Waals surface area contributed by atoms with E-state index < -0.39 is 25.1 Å². The molecule has 0 saturated carbocycles. The highest BCUT2D eigenvalue weighted by molar-refractivity contribution is 7.92. The minimum atomic E-state index is -3.42. The van der Waals surface area contributed by atoms with Crippen molar-refractivity contribution in [3.8, 4) is 0 Å². The van der Waals surface area contributed by atoms with Crippen LogP contribution in [0.2, 0.25) is 0 Å². The summed E-state index contributed by atoms with van der Waals surface area (Å²) < 4.78 is 49.1. The molecule has 6 nitrogen and oxygen atoms in total. The number of hydrogen-bond donors (Lipinski definition) is 1. The van der Waals surface area contributed by atoms with Crippen LogP contribution in [0.3, 0.4) is 0 Å². The van der Waals surface area contributed by atoms with Crippen LogP contribution in [0.4, 0.5) is 0 Å². The van der Waals surface area contributed by atoms with Gasteiger partial charge < -0.3 is 5.11 Å². The quantitative estimate of drug-likeness (QED) is 0.765. The average Bonchev–Trinajstić information content (AvgIpc) is 2.38. The van der Waals surface area contributed by atoms with E-state index in [1.807, 2.05) is 0 Å². The molecule has 0 aliphatic carbocycles. The lowest BCUT2D eigenvalue weighted by molar-refractivity contribution is 0.164. The highest BCUT2D eigenvalue weighted by Gasteiger charge is 2.38. The summed E-state index contributed by atoms with van der Waals surface area (Å²) in [6.07, 6.45) is 2.01. The molecule has 0 radical (unpaired) electrons. The first-order valence-corrected chi connectivity index (χ1v) is 9.98. The second-order valence-corrected chi connectivity index (χ2v) is 9.96. The van der Waals surface area contributed by atoms with E-state index in [-0.39, 0.29) is 36.9 Å². The molecule has 1 N–H and O–H groups in total. The van der Waals surface area contributed by atoms with Crippen LogP contribution in [0.5, 0.6) is 0 Å². The first-order valence-electron chi connectivity index (χ1n) is 6.65. The van der Waals surface area contributed by atoms with E-state index in [4.69, 9.17) is 5.11 Å². The van der Waals surface area contributed by atoms with Crippen LogP contribution in [-0.4, -0.2) is 62.7 Å². The van der Waals surface area contributed by atoms with Gasteiger partial charge in [0.15, 0.2) is 0 Å². The van der Waals surface area contributed by atoms with E-state index in [2.05, 4.69) is 0 Å². The van der Waals surface area contributed by atoms with E-state index in [0.717, 1.165) is 12.8 Å². The van der Waals surface area contributed by atoms with Crippen LogP contribution in [0.1, 0.15) is 25.7 Å². The molecule has 2 aliphatic rings. The van der Waals surface area contributed by atoms with Crippen LogP contribution in [-0.2, 0) is 19.9 Å². The minimum absolute atomic E-state index is 0.00503. The largest absolute Gasteiger partial charge is 0.396 e. The van der Waals surface area contributed by atoms with E-state index in [0.29, 0.717) is 13.1 Å². The van der Waals surface area contributed by atoms with Crippen LogP contribution >= 0.6 is 0 Å². The Bertz CT molecular complexity index is 499. The van der Waals surface area contributed by atoms with Gasteiger partial charge in [-0.05, 0) is 31.6 Å². The normalized spacial score (nSPS) is 30.3. The van der Waals surface area contributed by atoms with Crippen LogP contribution in [0, 0.1) is 5.92 Å². The lowest BCUT2D eigenvalue weighted by Gasteiger charge is -2.34. The van der Waals surface area contributed by atoms with Crippen molar-refractivity contribution in [2.45, 2.75) is 30.9 Å². The van der Waals surface area contributed by atoms with Crippen molar-refractivity contribution in [3.63, 3.8) is 0 Å². The van der Waals surface area contributed by atoms with Gasteiger partial charge in [0.05, 0.1) is 16.8 Å². The summed E-state index contributed by atoms with van der Waals surface area (Å²) in [5.41, 5.74) is 0. The third-order valence-corrected chi connectivity index (χ3v) is 8.10. The fraction of sp³-hybridized carbons (Fsp3) is 1.00. The molecule has 8 heteroatoms. The molecule has 1 unspecified atom stereocenters. The summed E-state index contributed by atoms with van der Waals surface area (Å²) >= 11 is 0. The molecule has 2 aliphatic heterocycles. The molecule has 0 bridgehead atoms. The fourth-order valence-corrected chi connectivity index (χ4v) is 6.63. The summed E-state index contributed by atoms with van der Waals surface area (Å²) in [7, 11) is -6.47. The highest BCUT2D eigenvalue weighted by Crippen LogP contribution is 2.26. The predicted octanol–water partition coefficient (Wildman–Crippen LogP) is -0.402. The van der Waals surface area contributed by atoms with Gasteiger partial charge in [-0.2, -0.15) is 0 Å². The lowest BCUT2D eigenvalue weighted by Crippen LogP contribution is -2.47. The Morgan fingerprint density at radius 1 is 1.16 bits per heavy atom. The molecule has 0 aromatic rings. The summed E-state index contributed by atoms with van der Waals surface area (Å²) in [6.45, 7) is 0.856. The predicted molar refractivity (Wildman–Crippen MR) is 72.0 cm³/mol. The first-order chi connectivity index (χ1) is 8.85. The number of hydrogen-bond acceptors (Lipinski definition) is 5. The van der Waals surface area contributed by atoms with Gasteiger partial charge in [0, 0.05) is 19.7 Å². The number of sulfonamides is 1. The molecule has 19 heavy (non-hydrogen) atoms. The summed E-state index contributed by atoms with van der Waals surface area (Å²) in [5, 5.41) is 8.58. The minimum Gasteiger partial charge on any atom is -0.396 e. The molecule has 1 atom stereocenters. The maximum absolute atomic E-state index is 12.5. The first kappa shape index (κ1) is 15.2. The SMILES string of the molecule is O=S1(=O)CCC(S(=O)(=O)N2CCCC(CO)C2)CC1. The number of rotatable bonds is 3. The van der Waals surface area contributed by atoms with E-state index >= 15 is 0 Å². The Kier molecular flexibility index (Phi) is 4.54. The number of aliphatic hydroxyl groups is 1. The van der Waals surface area contributed by atoms with Gasteiger partial charge in [0.1, 0.15) is 9.84 Å². The van der Waals surface area contributed by atoms with Crippen molar-refractivity contribution >= 4 is 19.9 Å². The maximum Gasteiger partial charge on any atom is 0.217 e. The monoisotopic (exact) mass is 311 g/mol. The Morgan fingerprint density at radius 3 is 2.37 bits per heavy atom. The molecule has 0 amide bonds. The summed E-state index contributed by atoms with van der Waals surface area (Å²) in [6, 6.07) is 0. The third-order valence-electron chi connectivity index (χ3n) is 4.02. The van der Waals surface area contributed by atoms with Gasteiger partial charge in [-0.3, -0.25) is 0 Å². The van der Waals surface area contributed by atoms with Gasteiger partial charge >= 0.3 is 0 Å². The van der Waals surface area contributed by atoms with E-state index in [9.17, 15) is 16.8 Å². The topological polar surface area (TPSA) is 91.8 Å². The second-order valence-electron chi connectivity index (χ2n) is 5.44. The molecule has 0 spiro atoms. The molecule has 0 aromatic heterocycles. The van der Waals surface area contributed by atoms with Crippen LogP contribution in [0.25, 0.3) is 0 Å². The van der Waals surface area contributed by atoms with Gasteiger partial charge in [-0.15, -0.1) is 0 Å². The average molecular weight is 311 g/mol. The molecule has 2 rings (SSSR count). The fourth-order valence-electron chi connectivity index (χ4n) is 2.78. The van der Waals surface area contributed by atoms with Crippen LogP contribution in [0.15, 0.2) is 0 Å². The number of sulfone groups is 1. The van der Waals surface area contributed by atoms with E-state index in [1.54, 1.807) is 0 Å².